The lowest BCUT2D eigenvalue weighted by molar-refractivity contribution is -0.122. The number of benzene rings is 1. The van der Waals surface area contributed by atoms with Gasteiger partial charge >= 0.3 is 0 Å². The maximum atomic E-state index is 11.6. The number of rotatable bonds is 7. The summed E-state index contributed by atoms with van der Waals surface area (Å²) in [6.07, 6.45) is 3.23. The zero-order valence-corrected chi connectivity index (χ0v) is 11.2. The second-order valence-corrected chi connectivity index (χ2v) is 5.92. The van der Waals surface area contributed by atoms with E-state index in [1.165, 1.54) is 4.90 Å². The van der Waals surface area contributed by atoms with Crippen LogP contribution in [-0.2, 0) is 4.79 Å². The first kappa shape index (κ1) is 13.4. The van der Waals surface area contributed by atoms with Gasteiger partial charge in [0.1, 0.15) is 0 Å². The number of thioether (sulfide) groups is 1. The molecule has 3 nitrogen and oxygen atoms in total. The Kier molecular flexibility index (Phi) is 4.66. The van der Waals surface area contributed by atoms with Gasteiger partial charge in [-0.05, 0) is 37.1 Å². The van der Waals surface area contributed by atoms with Crippen LogP contribution in [0.1, 0.15) is 25.7 Å². The molecule has 1 fully saturated rings. The summed E-state index contributed by atoms with van der Waals surface area (Å²) in [5, 5.41) is 12.0. The van der Waals surface area contributed by atoms with Crippen LogP contribution in [0.25, 0.3) is 0 Å². The molecule has 0 spiro atoms. The van der Waals surface area contributed by atoms with Crippen molar-refractivity contribution >= 4 is 17.7 Å². The predicted molar refractivity (Wildman–Crippen MR) is 73.6 cm³/mol. The standard InChI is InChI=1S/C14H19NO2S/c16-11-14(8-9-14)15-13(17)7-4-10-18-12-5-2-1-3-6-12/h1-3,5-6,16H,4,7-11H2,(H,15,17). The van der Waals surface area contributed by atoms with Crippen molar-refractivity contribution in [3.8, 4) is 0 Å². The minimum atomic E-state index is -0.274. The molecule has 0 aliphatic heterocycles. The third-order valence-electron chi connectivity index (χ3n) is 3.12. The van der Waals surface area contributed by atoms with Gasteiger partial charge < -0.3 is 10.4 Å². The van der Waals surface area contributed by atoms with Crippen molar-refractivity contribution in [1.29, 1.82) is 0 Å². The smallest absolute Gasteiger partial charge is 0.220 e. The van der Waals surface area contributed by atoms with Crippen molar-refractivity contribution in [2.45, 2.75) is 36.1 Å². The Morgan fingerprint density at radius 1 is 1.33 bits per heavy atom. The number of carbonyl (C=O) groups excluding carboxylic acids is 1. The van der Waals surface area contributed by atoms with Gasteiger partial charge in [0.15, 0.2) is 0 Å². The fourth-order valence-corrected chi connectivity index (χ4v) is 2.65. The summed E-state index contributed by atoms with van der Waals surface area (Å²) in [5.41, 5.74) is -0.274. The van der Waals surface area contributed by atoms with Crippen LogP contribution in [0.3, 0.4) is 0 Å². The van der Waals surface area contributed by atoms with E-state index in [0.29, 0.717) is 6.42 Å². The van der Waals surface area contributed by atoms with Crippen LogP contribution >= 0.6 is 11.8 Å². The van der Waals surface area contributed by atoms with Crippen LogP contribution in [0.4, 0.5) is 0 Å². The molecule has 1 amide bonds. The Labute approximate surface area is 112 Å². The minimum absolute atomic E-state index is 0.0650. The van der Waals surface area contributed by atoms with Gasteiger partial charge in [-0.25, -0.2) is 0 Å². The number of hydrogen-bond donors (Lipinski definition) is 2. The van der Waals surface area contributed by atoms with Crippen molar-refractivity contribution in [3.05, 3.63) is 30.3 Å². The van der Waals surface area contributed by atoms with Crippen LogP contribution < -0.4 is 5.32 Å². The van der Waals surface area contributed by atoms with E-state index in [0.717, 1.165) is 25.0 Å². The first-order chi connectivity index (χ1) is 8.74. The summed E-state index contributed by atoms with van der Waals surface area (Å²) in [4.78, 5) is 12.9. The fourth-order valence-electron chi connectivity index (χ4n) is 1.77. The molecule has 98 valence electrons. The van der Waals surface area contributed by atoms with E-state index in [4.69, 9.17) is 5.11 Å². The molecule has 1 aliphatic carbocycles. The average molecular weight is 265 g/mol. The molecule has 0 unspecified atom stereocenters. The highest BCUT2D eigenvalue weighted by Gasteiger charge is 2.43. The summed E-state index contributed by atoms with van der Waals surface area (Å²) in [5.74, 6) is 1.01. The molecule has 1 aromatic carbocycles. The van der Waals surface area contributed by atoms with Crippen LogP contribution in [0, 0.1) is 0 Å². The SMILES string of the molecule is O=C(CCCSc1ccccc1)NC1(CO)CC1. The first-order valence-electron chi connectivity index (χ1n) is 6.34. The third-order valence-corrected chi connectivity index (χ3v) is 4.22. The maximum absolute atomic E-state index is 11.6. The lowest BCUT2D eigenvalue weighted by atomic mass is 10.2. The molecule has 18 heavy (non-hydrogen) atoms. The van der Waals surface area contributed by atoms with Gasteiger partial charge in [0.2, 0.25) is 5.91 Å². The Morgan fingerprint density at radius 2 is 2.06 bits per heavy atom. The Hall–Kier alpha value is -1.00. The number of hydrogen-bond acceptors (Lipinski definition) is 3. The van der Waals surface area contributed by atoms with E-state index in [2.05, 4.69) is 17.4 Å². The quantitative estimate of drug-likeness (QED) is 0.587. The first-order valence-corrected chi connectivity index (χ1v) is 7.32. The van der Waals surface area contributed by atoms with E-state index in [1.807, 2.05) is 18.2 Å². The van der Waals surface area contributed by atoms with Crippen LogP contribution in [0.15, 0.2) is 35.2 Å². The molecule has 0 heterocycles. The zero-order chi connectivity index (χ0) is 12.8. The summed E-state index contributed by atoms with van der Waals surface area (Å²) in [6.45, 7) is 0.0670. The van der Waals surface area contributed by atoms with Crippen molar-refractivity contribution in [2.24, 2.45) is 0 Å². The van der Waals surface area contributed by atoms with Gasteiger partial charge in [0.25, 0.3) is 0 Å². The largest absolute Gasteiger partial charge is 0.394 e. The Morgan fingerprint density at radius 3 is 2.67 bits per heavy atom. The molecule has 1 aliphatic rings. The monoisotopic (exact) mass is 265 g/mol. The average Bonchev–Trinajstić information content (AvgIpc) is 3.16. The summed E-state index contributed by atoms with van der Waals surface area (Å²) < 4.78 is 0. The maximum Gasteiger partial charge on any atom is 0.220 e. The number of nitrogens with one attached hydrogen (secondary N) is 1. The lowest BCUT2D eigenvalue weighted by Gasteiger charge is -2.13. The van der Waals surface area contributed by atoms with Gasteiger partial charge in [-0.3, -0.25) is 4.79 Å². The third kappa shape index (κ3) is 4.03. The summed E-state index contributed by atoms with van der Waals surface area (Å²) >= 11 is 1.77. The molecule has 0 radical (unpaired) electrons. The molecule has 0 atom stereocenters. The highest BCUT2D eigenvalue weighted by atomic mass is 32.2. The van der Waals surface area contributed by atoms with Gasteiger partial charge in [0.05, 0.1) is 12.1 Å². The van der Waals surface area contributed by atoms with E-state index < -0.39 is 0 Å². The molecule has 0 bridgehead atoms. The highest BCUT2D eigenvalue weighted by Crippen LogP contribution is 2.34. The molecule has 2 rings (SSSR count). The van der Waals surface area contributed by atoms with Gasteiger partial charge in [-0.2, -0.15) is 0 Å². The molecule has 1 aromatic rings. The van der Waals surface area contributed by atoms with E-state index in [1.54, 1.807) is 11.8 Å². The molecule has 0 aromatic heterocycles. The second kappa shape index (κ2) is 6.25. The van der Waals surface area contributed by atoms with Gasteiger partial charge in [-0.1, -0.05) is 18.2 Å². The van der Waals surface area contributed by atoms with Crippen LogP contribution in [0.2, 0.25) is 0 Å². The van der Waals surface area contributed by atoms with Crippen LogP contribution in [-0.4, -0.2) is 28.9 Å². The van der Waals surface area contributed by atoms with E-state index in [-0.39, 0.29) is 18.1 Å². The molecule has 1 saturated carbocycles. The van der Waals surface area contributed by atoms with E-state index in [9.17, 15) is 4.79 Å². The highest BCUT2D eigenvalue weighted by molar-refractivity contribution is 7.99. The molecule has 4 heteroatoms. The van der Waals surface area contributed by atoms with Gasteiger partial charge in [-0.15, -0.1) is 11.8 Å². The fraction of sp³-hybridized carbons (Fsp3) is 0.500. The number of aliphatic hydroxyl groups is 1. The van der Waals surface area contributed by atoms with Crippen molar-refractivity contribution < 1.29 is 9.90 Å². The second-order valence-electron chi connectivity index (χ2n) is 4.75. The molecular weight excluding hydrogens is 246 g/mol. The predicted octanol–water partition coefficient (Wildman–Crippen LogP) is 2.20. The summed E-state index contributed by atoms with van der Waals surface area (Å²) in [7, 11) is 0. The van der Waals surface area contributed by atoms with Crippen molar-refractivity contribution in [3.63, 3.8) is 0 Å². The van der Waals surface area contributed by atoms with Crippen molar-refractivity contribution in [1.82, 2.24) is 5.32 Å². The van der Waals surface area contributed by atoms with Crippen molar-refractivity contribution in [2.75, 3.05) is 12.4 Å². The van der Waals surface area contributed by atoms with Crippen LogP contribution in [0.5, 0.6) is 0 Å². The number of amides is 1. The normalized spacial score (nSPS) is 16.3. The zero-order valence-electron chi connectivity index (χ0n) is 10.4. The Bertz CT molecular complexity index is 390. The molecular formula is C14H19NO2S. The lowest BCUT2D eigenvalue weighted by Crippen LogP contribution is -2.39. The Balaban J connectivity index is 1.59. The van der Waals surface area contributed by atoms with Gasteiger partial charge in [0, 0.05) is 11.3 Å². The summed E-state index contributed by atoms with van der Waals surface area (Å²) in [6, 6.07) is 10.2. The molecule has 0 saturated heterocycles. The molecule has 2 N–H and O–H groups in total. The number of aliphatic hydroxyl groups excluding tert-OH is 1. The minimum Gasteiger partial charge on any atom is -0.394 e. The van der Waals surface area contributed by atoms with E-state index >= 15 is 0 Å². The topological polar surface area (TPSA) is 49.3 Å². The number of carbonyl (C=O) groups is 1.